The summed E-state index contributed by atoms with van der Waals surface area (Å²) in [4.78, 5) is 23.4. The highest BCUT2D eigenvalue weighted by molar-refractivity contribution is 5.94. The zero-order valence-electron chi connectivity index (χ0n) is 16.2. The Morgan fingerprint density at radius 1 is 1.18 bits per heavy atom. The molecule has 1 aliphatic heterocycles. The van der Waals surface area contributed by atoms with Crippen molar-refractivity contribution in [1.82, 2.24) is 19.4 Å². The quantitative estimate of drug-likeness (QED) is 0.685. The van der Waals surface area contributed by atoms with Crippen LogP contribution >= 0.6 is 0 Å². The molecule has 1 aromatic carbocycles. The molecule has 1 atom stereocenters. The van der Waals surface area contributed by atoms with Crippen LogP contribution in [0.4, 0.5) is 0 Å². The van der Waals surface area contributed by atoms with Gasteiger partial charge >= 0.3 is 0 Å². The summed E-state index contributed by atoms with van der Waals surface area (Å²) in [5.74, 6) is 2.22. The number of methoxy groups -OCH3 is 1. The average molecular weight is 376 g/mol. The molecule has 0 bridgehead atoms. The normalized spacial score (nSPS) is 16.4. The molecule has 0 spiro atoms. The van der Waals surface area contributed by atoms with E-state index in [0.29, 0.717) is 11.5 Å². The van der Waals surface area contributed by atoms with E-state index in [1.165, 1.54) is 0 Å². The van der Waals surface area contributed by atoms with Gasteiger partial charge < -0.3 is 14.2 Å². The molecule has 6 heteroatoms. The molecule has 3 heterocycles. The SMILES string of the molecule is COc1ccc(C(=O)N2CCC(Cn3c(C)cnc3-c3ccncc3)C2)cc1. The predicted octanol–water partition coefficient (Wildman–Crippen LogP) is 3.42. The Hall–Kier alpha value is -3.15. The maximum Gasteiger partial charge on any atom is 0.253 e. The highest BCUT2D eigenvalue weighted by Gasteiger charge is 2.28. The first-order chi connectivity index (χ1) is 13.7. The number of hydrogen-bond donors (Lipinski definition) is 0. The standard InChI is InChI=1S/C22H24N4O2/c1-16-13-24-21(18-7-10-23-11-8-18)26(16)15-17-9-12-25(14-17)22(27)19-3-5-20(28-2)6-4-19/h3-8,10-11,13,17H,9,12,14-15H2,1-2H3. The predicted molar refractivity (Wildman–Crippen MR) is 107 cm³/mol. The van der Waals surface area contributed by atoms with E-state index in [1.807, 2.05) is 47.5 Å². The third kappa shape index (κ3) is 3.63. The number of hydrogen-bond acceptors (Lipinski definition) is 4. The van der Waals surface area contributed by atoms with Crippen LogP contribution in [0.2, 0.25) is 0 Å². The summed E-state index contributed by atoms with van der Waals surface area (Å²) in [6.45, 7) is 4.48. The van der Waals surface area contributed by atoms with E-state index in [4.69, 9.17) is 4.74 Å². The van der Waals surface area contributed by atoms with Gasteiger partial charge in [0.1, 0.15) is 11.6 Å². The van der Waals surface area contributed by atoms with Gasteiger partial charge in [-0.15, -0.1) is 0 Å². The van der Waals surface area contributed by atoms with E-state index in [2.05, 4.69) is 21.5 Å². The molecule has 4 rings (SSSR count). The minimum absolute atomic E-state index is 0.0851. The maximum atomic E-state index is 12.8. The molecule has 0 saturated carbocycles. The molecular formula is C22H24N4O2. The number of benzene rings is 1. The van der Waals surface area contributed by atoms with Crippen LogP contribution in [0.5, 0.6) is 5.75 Å². The Labute approximate surface area is 164 Å². The molecule has 144 valence electrons. The molecule has 0 aliphatic carbocycles. The molecule has 3 aromatic rings. The van der Waals surface area contributed by atoms with Gasteiger partial charge in [-0.3, -0.25) is 9.78 Å². The van der Waals surface area contributed by atoms with Crippen LogP contribution in [-0.2, 0) is 6.54 Å². The van der Waals surface area contributed by atoms with E-state index in [-0.39, 0.29) is 5.91 Å². The first-order valence-electron chi connectivity index (χ1n) is 9.51. The second-order valence-electron chi connectivity index (χ2n) is 7.20. The van der Waals surface area contributed by atoms with Crippen LogP contribution in [0, 0.1) is 12.8 Å². The number of ether oxygens (including phenoxy) is 1. The van der Waals surface area contributed by atoms with Crippen LogP contribution in [0.1, 0.15) is 22.5 Å². The molecule has 1 aliphatic rings. The summed E-state index contributed by atoms with van der Waals surface area (Å²) in [6.07, 6.45) is 6.48. The number of rotatable bonds is 5. The van der Waals surface area contributed by atoms with Crippen LogP contribution in [0.3, 0.4) is 0 Å². The van der Waals surface area contributed by atoms with Crippen LogP contribution in [0.15, 0.2) is 55.0 Å². The first kappa shape index (κ1) is 18.2. The van der Waals surface area contributed by atoms with Crippen molar-refractivity contribution < 1.29 is 9.53 Å². The Morgan fingerprint density at radius 2 is 1.93 bits per heavy atom. The van der Waals surface area contributed by atoms with E-state index in [9.17, 15) is 4.79 Å². The monoisotopic (exact) mass is 376 g/mol. The number of imidazole rings is 1. The van der Waals surface area contributed by atoms with Gasteiger partial charge in [0.05, 0.1) is 7.11 Å². The van der Waals surface area contributed by atoms with Gasteiger partial charge in [-0.2, -0.15) is 0 Å². The third-order valence-electron chi connectivity index (χ3n) is 5.34. The van der Waals surface area contributed by atoms with Crippen molar-refractivity contribution >= 4 is 5.91 Å². The van der Waals surface area contributed by atoms with Gasteiger partial charge in [-0.1, -0.05) is 0 Å². The summed E-state index contributed by atoms with van der Waals surface area (Å²) in [7, 11) is 1.63. The number of likely N-dealkylation sites (tertiary alicyclic amines) is 1. The lowest BCUT2D eigenvalue weighted by Gasteiger charge is -2.18. The molecule has 0 radical (unpaired) electrons. The fraction of sp³-hybridized carbons (Fsp3) is 0.318. The Morgan fingerprint density at radius 3 is 2.64 bits per heavy atom. The highest BCUT2D eigenvalue weighted by atomic mass is 16.5. The Bertz CT molecular complexity index is 950. The summed E-state index contributed by atoms with van der Waals surface area (Å²) in [5, 5.41) is 0. The van der Waals surface area contributed by atoms with E-state index >= 15 is 0 Å². The minimum atomic E-state index is 0.0851. The number of nitrogens with zero attached hydrogens (tertiary/aromatic N) is 4. The van der Waals surface area contributed by atoms with Crippen LogP contribution < -0.4 is 4.74 Å². The number of carbonyl (C=O) groups is 1. The van der Waals surface area contributed by atoms with Crippen molar-refractivity contribution in [2.45, 2.75) is 19.9 Å². The van der Waals surface area contributed by atoms with E-state index < -0.39 is 0 Å². The van der Waals surface area contributed by atoms with E-state index in [1.54, 1.807) is 19.5 Å². The summed E-state index contributed by atoms with van der Waals surface area (Å²) < 4.78 is 7.42. The van der Waals surface area contributed by atoms with Crippen molar-refractivity contribution in [2.75, 3.05) is 20.2 Å². The molecule has 1 saturated heterocycles. The largest absolute Gasteiger partial charge is 0.497 e. The van der Waals surface area contributed by atoms with Crippen molar-refractivity contribution in [3.8, 4) is 17.1 Å². The third-order valence-corrected chi connectivity index (χ3v) is 5.34. The van der Waals surface area contributed by atoms with Gasteiger partial charge in [0.25, 0.3) is 5.91 Å². The second kappa shape index (κ2) is 7.84. The fourth-order valence-electron chi connectivity index (χ4n) is 3.76. The van der Waals surface area contributed by atoms with Crippen LogP contribution in [-0.4, -0.2) is 45.5 Å². The minimum Gasteiger partial charge on any atom is -0.497 e. The molecule has 1 fully saturated rings. The molecule has 2 aromatic heterocycles. The topological polar surface area (TPSA) is 60.2 Å². The van der Waals surface area contributed by atoms with Crippen molar-refractivity contribution in [3.05, 3.63) is 66.2 Å². The van der Waals surface area contributed by atoms with Crippen LogP contribution in [0.25, 0.3) is 11.4 Å². The molecule has 28 heavy (non-hydrogen) atoms. The number of aryl methyl sites for hydroxylation is 1. The number of carbonyl (C=O) groups excluding carboxylic acids is 1. The Kier molecular flexibility index (Phi) is 5.10. The fourth-order valence-corrected chi connectivity index (χ4v) is 3.76. The van der Waals surface area contributed by atoms with Gasteiger partial charge in [0.2, 0.25) is 0 Å². The maximum absolute atomic E-state index is 12.8. The van der Waals surface area contributed by atoms with Gasteiger partial charge in [0, 0.05) is 55.0 Å². The first-order valence-corrected chi connectivity index (χ1v) is 9.51. The second-order valence-corrected chi connectivity index (χ2v) is 7.20. The van der Waals surface area contributed by atoms with Crippen molar-refractivity contribution in [3.63, 3.8) is 0 Å². The summed E-state index contributed by atoms with van der Waals surface area (Å²) >= 11 is 0. The summed E-state index contributed by atoms with van der Waals surface area (Å²) in [6, 6.07) is 11.3. The number of pyridine rings is 1. The lowest BCUT2D eigenvalue weighted by atomic mass is 10.1. The van der Waals surface area contributed by atoms with Gasteiger partial charge in [-0.05, 0) is 55.7 Å². The lowest BCUT2D eigenvalue weighted by molar-refractivity contribution is 0.0786. The molecule has 0 N–H and O–H groups in total. The van der Waals surface area contributed by atoms with E-state index in [0.717, 1.165) is 48.9 Å². The smallest absolute Gasteiger partial charge is 0.253 e. The zero-order chi connectivity index (χ0) is 19.5. The summed E-state index contributed by atoms with van der Waals surface area (Å²) in [5.41, 5.74) is 2.90. The molecule has 1 unspecified atom stereocenters. The number of aromatic nitrogens is 3. The molecule has 6 nitrogen and oxygen atoms in total. The van der Waals surface area contributed by atoms with Crippen molar-refractivity contribution in [1.29, 1.82) is 0 Å². The average Bonchev–Trinajstić information content (AvgIpc) is 3.36. The van der Waals surface area contributed by atoms with Gasteiger partial charge in [-0.25, -0.2) is 4.98 Å². The highest BCUT2D eigenvalue weighted by Crippen LogP contribution is 2.25. The number of amides is 1. The molecular weight excluding hydrogens is 352 g/mol. The lowest BCUT2D eigenvalue weighted by Crippen LogP contribution is -2.29. The van der Waals surface area contributed by atoms with Gasteiger partial charge in [0.15, 0.2) is 0 Å². The zero-order valence-corrected chi connectivity index (χ0v) is 16.2. The Balaban J connectivity index is 1.45. The molecule has 1 amide bonds. The van der Waals surface area contributed by atoms with Crippen molar-refractivity contribution in [2.24, 2.45) is 5.92 Å².